The van der Waals surface area contributed by atoms with Crippen molar-refractivity contribution in [2.45, 2.75) is 89.1 Å². The van der Waals surface area contributed by atoms with Crippen LogP contribution in [-0.4, -0.2) is 27.2 Å². The largest absolute Gasteiger partial charge is 0.463 e. The second kappa shape index (κ2) is 8.87. The molecule has 5 heteroatoms. The van der Waals surface area contributed by atoms with E-state index < -0.39 is 20.1 Å². The van der Waals surface area contributed by atoms with E-state index >= 15 is 0 Å². The van der Waals surface area contributed by atoms with Gasteiger partial charge < -0.3 is 13.9 Å². The predicted molar refractivity (Wildman–Crippen MR) is 123 cm³/mol. The maximum Gasteiger partial charge on any atom is 0.373 e. The summed E-state index contributed by atoms with van der Waals surface area (Å²) in [6.45, 7) is 11.3. The number of rotatable bonds is 4. The van der Waals surface area contributed by atoms with E-state index in [2.05, 4.69) is 58.1 Å². The summed E-state index contributed by atoms with van der Waals surface area (Å²) in [5.41, 5.74) is 1.20. The number of carbonyl (C=O) groups excluding carboxylic acids is 1. The van der Waals surface area contributed by atoms with E-state index in [0.717, 1.165) is 25.7 Å². The average Bonchev–Trinajstić information content (AvgIpc) is 2.68. The molecule has 1 aromatic carbocycles. The highest BCUT2D eigenvalue weighted by molar-refractivity contribution is 6.74. The van der Waals surface area contributed by atoms with Gasteiger partial charge in [0.2, 0.25) is 11.5 Å². The van der Waals surface area contributed by atoms with Crippen LogP contribution in [0.3, 0.4) is 0 Å². The van der Waals surface area contributed by atoms with Crippen LogP contribution in [-0.2, 0) is 18.7 Å². The van der Waals surface area contributed by atoms with Gasteiger partial charge in [-0.15, -0.1) is 0 Å². The van der Waals surface area contributed by atoms with Crippen molar-refractivity contribution in [3.63, 3.8) is 0 Å². The molecule has 0 saturated heterocycles. The minimum absolute atomic E-state index is 0.0485. The molecule has 3 rings (SSSR count). The van der Waals surface area contributed by atoms with Gasteiger partial charge in [0.1, 0.15) is 0 Å². The van der Waals surface area contributed by atoms with E-state index in [1.807, 2.05) is 12.1 Å². The molecule has 4 nitrogen and oxygen atoms in total. The quantitative estimate of drug-likeness (QED) is 0.401. The number of carbonyl (C=O) groups is 1. The van der Waals surface area contributed by atoms with Crippen LogP contribution in [0.4, 0.5) is 0 Å². The summed E-state index contributed by atoms with van der Waals surface area (Å²) in [4.78, 5) is 12.6. The molecule has 0 radical (unpaired) electrons. The average molecular weight is 431 g/mol. The fourth-order valence-corrected chi connectivity index (χ4v) is 5.99. The van der Waals surface area contributed by atoms with Gasteiger partial charge in [0.15, 0.2) is 8.32 Å². The molecule has 1 heterocycles. The highest BCUT2D eigenvalue weighted by atomic mass is 28.4. The summed E-state index contributed by atoms with van der Waals surface area (Å²) in [5, 5.41) is 0.0485. The highest BCUT2D eigenvalue weighted by Crippen LogP contribution is 2.52. The number of allylic oxidation sites excluding steroid dienone is 1. The number of hydrogen-bond donors (Lipinski definition) is 0. The van der Waals surface area contributed by atoms with Gasteiger partial charge in [-0.05, 0) is 42.6 Å². The number of ether oxygens (including phenoxy) is 2. The van der Waals surface area contributed by atoms with Crippen LogP contribution in [0.15, 0.2) is 42.2 Å². The van der Waals surface area contributed by atoms with Gasteiger partial charge in [0.05, 0.1) is 7.11 Å². The molecule has 0 unspecified atom stereocenters. The first-order valence-corrected chi connectivity index (χ1v) is 14.2. The lowest BCUT2D eigenvalue weighted by Gasteiger charge is -2.52. The molecule has 1 aliphatic heterocycles. The first kappa shape index (κ1) is 23.1. The molecule has 0 amide bonds. The summed E-state index contributed by atoms with van der Waals surface area (Å²) in [7, 11) is -0.746. The van der Waals surface area contributed by atoms with E-state index in [1.54, 1.807) is 0 Å². The van der Waals surface area contributed by atoms with E-state index in [1.165, 1.54) is 25.5 Å². The van der Waals surface area contributed by atoms with Gasteiger partial charge in [0.25, 0.3) is 0 Å². The van der Waals surface area contributed by atoms with Crippen LogP contribution in [0.2, 0.25) is 18.1 Å². The zero-order valence-electron chi connectivity index (χ0n) is 19.5. The fourth-order valence-electron chi connectivity index (χ4n) is 4.52. The molecule has 0 spiro atoms. The number of esters is 1. The zero-order chi connectivity index (χ0) is 22.0. The third-order valence-corrected chi connectivity index (χ3v) is 11.7. The Labute approximate surface area is 183 Å². The Balaban J connectivity index is 2.13. The summed E-state index contributed by atoms with van der Waals surface area (Å²) in [6.07, 6.45) is 8.41. The minimum atomic E-state index is -2.16. The number of hydrogen-bond acceptors (Lipinski definition) is 4. The maximum absolute atomic E-state index is 12.6. The molecule has 0 aromatic heterocycles. The SMILES string of the molecule is COC(=O)C1=C[C@H](c2ccccc2)[C@H]2CCCCCC[C@@]2(O[Si](C)(C)C(C)(C)C)O1. The smallest absolute Gasteiger partial charge is 0.373 e. The highest BCUT2D eigenvalue weighted by Gasteiger charge is 2.55. The Morgan fingerprint density at radius 2 is 1.77 bits per heavy atom. The first-order chi connectivity index (χ1) is 14.1. The lowest BCUT2D eigenvalue weighted by molar-refractivity contribution is -0.226. The van der Waals surface area contributed by atoms with Crippen molar-refractivity contribution >= 4 is 14.3 Å². The van der Waals surface area contributed by atoms with Crippen LogP contribution < -0.4 is 0 Å². The summed E-state index contributed by atoms with van der Waals surface area (Å²) >= 11 is 0. The number of methoxy groups -OCH3 is 1. The van der Waals surface area contributed by atoms with E-state index in [9.17, 15) is 4.79 Å². The third-order valence-electron chi connectivity index (χ3n) is 7.21. The Morgan fingerprint density at radius 3 is 2.40 bits per heavy atom. The van der Waals surface area contributed by atoms with Gasteiger partial charge in [0, 0.05) is 18.3 Å². The second-order valence-electron chi connectivity index (χ2n) is 10.3. The molecule has 3 atom stereocenters. The Kier molecular flexibility index (Phi) is 6.83. The molecule has 0 bridgehead atoms. The van der Waals surface area contributed by atoms with Crippen LogP contribution >= 0.6 is 0 Å². The van der Waals surface area contributed by atoms with Crippen LogP contribution in [0.1, 0.15) is 70.8 Å². The summed E-state index contributed by atoms with van der Waals surface area (Å²) in [6, 6.07) is 10.5. The molecule has 166 valence electrons. The van der Waals surface area contributed by atoms with Crippen LogP contribution in [0.25, 0.3) is 0 Å². The topological polar surface area (TPSA) is 44.8 Å². The Bertz CT molecular complexity index is 765. The second-order valence-corrected chi connectivity index (χ2v) is 15.0. The van der Waals surface area contributed by atoms with Crippen molar-refractivity contribution in [3.05, 3.63) is 47.7 Å². The summed E-state index contributed by atoms with van der Waals surface area (Å²) < 4.78 is 18.7. The van der Waals surface area contributed by atoms with E-state index in [4.69, 9.17) is 13.9 Å². The van der Waals surface area contributed by atoms with Crippen LogP contribution in [0.5, 0.6) is 0 Å². The molecule has 1 aromatic rings. The van der Waals surface area contributed by atoms with Gasteiger partial charge in [-0.2, -0.15) is 0 Å². The van der Waals surface area contributed by atoms with Gasteiger partial charge in [-0.3, -0.25) is 0 Å². The van der Waals surface area contributed by atoms with Gasteiger partial charge >= 0.3 is 5.97 Å². The molecular weight excluding hydrogens is 392 g/mol. The molecule has 1 saturated carbocycles. The lowest BCUT2D eigenvalue weighted by atomic mass is 9.73. The molecule has 2 aliphatic rings. The summed E-state index contributed by atoms with van der Waals surface area (Å²) in [5.74, 6) is -0.682. The van der Waals surface area contributed by atoms with E-state index in [0.29, 0.717) is 5.76 Å². The normalized spacial score (nSPS) is 27.7. The zero-order valence-corrected chi connectivity index (χ0v) is 20.5. The lowest BCUT2D eigenvalue weighted by Crippen LogP contribution is -2.57. The van der Waals surface area contributed by atoms with Gasteiger partial charge in [-0.25, -0.2) is 4.79 Å². The van der Waals surface area contributed by atoms with Crippen molar-refractivity contribution in [1.29, 1.82) is 0 Å². The van der Waals surface area contributed by atoms with Crippen molar-refractivity contribution in [2.24, 2.45) is 5.92 Å². The third kappa shape index (κ3) is 4.67. The molecular formula is C25H38O4Si. The molecule has 1 fully saturated rings. The Hall–Kier alpha value is -1.59. The van der Waals surface area contributed by atoms with Crippen molar-refractivity contribution in [1.82, 2.24) is 0 Å². The molecule has 0 N–H and O–H groups in total. The fraction of sp³-hybridized carbons (Fsp3) is 0.640. The number of benzene rings is 1. The molecule has 30 heavy (non-hydrogen) atoms. The van der Waals surface area contributed by atoms with Crippen molar-refractivity contribution in [2.75, 3.05) is 7.11 Å². The number of fused-ring (bicyclic) bond motifs is 1. The minimum Gasteiger partial charge on any atom is -0.463 e. The van der Waals surface area contributed by atoms with Crippen molar-refractivity contribution in [3.8, 4) is 0 Å². The van der Waals surface area contributed by atoms with E-state index in [-0.39, 0.29) is 16.9 Å². The van der Waals surface area contributed by atoms with Crippen molar-refractivity contribution < 1.29 is 18.7 Å². The standard InChI is InChI=1S/C25H38O4Si/c1-24(2,3)30(5,6)29-25-17-13-8-7-12-16-21(25)20(19-14-10-9-11-15-19)18-22(28-25)23(26)27-4/h9-11,14-15,18,20-21H,7-8,12-13,16-17H2,1-6H3/t20-,21-,25+/m1/s1. The molecule has 1 aliphatic carbocycles. The Morgan fingerprint density at radius 1 is 1.10 bits per heavy atom. The maximum atomic E-state index is 12.6. The first-order valence-electron chi connectivity index (χ1n) is 11.3. The van der Waals surface area contributed by atoms with Crippen LogP contribution in [0, 0.1) is 5.92 Å². The predicted octanol–water partition coefficient (Wildman–Crippen LogP) is 6.55. The van der Waals surface area contributed by atoms with Gasteiger partial charge in [-0.1, -0.05) is 70.4 Å². The monoisotopic (exact) mass is 430 g/mol.